The number of aliphatic carboxylic acids is 1. The first-order valence-corrected chi connectivity index (χ1v) is 5.80. The summed E-state index contributed by atoms with van der Waals surface area (Å²) in [4.78, 5) is 26.5. The van der Waals surface area contributed by atoms with E-state index >= 15 is 0 Å². The van der Waals surface area contributed by atoms with Gasteiger partial charge < -0.3 is 10.4 Å². The van der Waals surface area contributed by atoms with Crippen LogP contribution in [0, 0.1) is 0 Å². The molecule has 0 atom stereocenters. The van der Waals surface area contributed by atoms with Crippen molar-refractivity contribution in [2.45, 2.75) is 6.54 Å². The van der Waals surface area contributed by atoms with E-state index in [4.69, 9.17) is 5.11 Å². The first kappa shape index (κ1) is 12.9. The number of urea groups is 1. The number of carbonyl (C=O) groups excluding carboxylic acids is 1. The second-order valence-corrected chi connectivity index (χ2v) is 5.22. The van der Waals surface area contributed by atoms with Gasteiger partial charge in [0.15, 0.2) is 6.61 Å². The smallest absolute Gasteiger partial charge is 0.339 e. The molecule has 0 aliphatic rings. The molecule has 0 fully saturated rings. The van der Waals surface area contributed by atoms with Crippen LogP contribution in [0.4, 0.5) is 4.79 Å². The van der Waals surface area contributed by atoms with E-state index < -0.39 is 18.6 Å². The summed E-state index contributed by atoms with van der Waals surface area (Å²) in [6.07, 6.45) is 0. The molecule has 6 nitrogen and oxygen atoms in total. The maximum absolute atomic E-state index is 11.1. The highest BCUT2D eigenvalue weighted by molar-refractivity contribution is 9.11. The normalized spacial score (nSPS) is 9.81. The van der Waals surface area contributed by atoms with Crippen molar-refractivity contribution >= 4 is 39.3 Å². The molecule has 0 spiro atoms. The van der Waals surface area contributed by atoms with E-state index in [1.54, 1.807) is 0 Å². The number of thiophene rings is 1. The van der Waals surface area contributed by atoms with Gasteiger partial charge in [-0.2, -0.15) is 0 Å². The van der Waals surface area contributed by atoms with E-state index in [1.807, 2.05) is 17.6 Å². The summed E-state index contributed by atoms with van der Waals surface area (Å²) >= 11 is 4.79. The molecule has 16 heavy (non-hydrogen) atoms. The monoisotopic (exact) mass is 308 g/mol. The lowest BCUT2D eigenvalue weighted by Gasteiger charge is -2.04. The molecule has 0 bridgehead atoms. The molecule has 0 aliphatic heterocycles. The van der Waals surface area contributed by atoms with Gasteiger partial charge in [-0.05, 0) is 28.1 Å². The zero-order valence-electron chi connectivity index (χ0n) is 8.03. The molecule has 1 rings (SSSR count). The number of nitrogens with one attached hydrogen (secondary N) is 2. The third-order valence-corrected chi connectivity index (χ3v) is 3.04. The molecule has 1 aromatic rings. The van der Waals surface area contributed by atoms with E-state index in [0.29, 0.717) is 6.54 Å². The Balaban J connectivity index is 2.17. The molecule has 1 aromatic heterocycles. The van der Waals surface area contributed by atoms with Gasteiger partial charge in [0.2, 0.25) is 0 Å². The zero-order valence-corrected chi connectivity index (χ0v) is 10.4. The van der Waals surface area contributed by atoms with Crippen molar-refractivity contribution in [1.82, 2.24) is 10.8 Å². The lowest BCUT2D eigenvalue weighted by atomic mass is 10.5. The van der Waals surface area contributed by atoms with Crippen LogP contribution in [0.3, 0.4) is 0 Å². The summed E-state index contributed by atoms with van der Waals surface area (Å²) in [6.45, 7) is -0.212. The Hall–Kier alpha value is -1.12. The van der Waals surface area contributed by atoms with Crippen molar-refractivity contribution in [3.8, 4) is 0 Å². The Morgan fingerprint density at radius 1 is 1.50 bits per heavy atom. The molecule has 0 aliphatic carbocycles. The van der Waals surface area contributed by atoms with Gasteiger partial charge in [-0.1, -0.05) is 0 Å². The number of carboxylic acids is 1. The highest BCUT2D eigenvalue weighted by Gasteiger charge is 2.03. The van der Waals surface area contributed by atoms with Crippen molar-refractivity contribution in [1.29, 1.82) is 0 Å². The molecule has 2 amide bonds. The Bertz CT molecular complexity index is 382. The quantitative estimate of drug-likeness (QED) is 0.716. The van der Waals surface area contributed by atoms with E-state index in [2.05, 4.69) is 26.1 Å². The highest BCUT2D eigenvalue weighted by Crippen LogP contribution is 2.21. The van der Waals surface area contributed by atoms with Gasteiger partial charge in [0, 0.05) is 4.88 Å². The summed E-state index contributed by atoms with van der Waals surface area (Å²) in [5, 5.41) is 10.7. The number of carboxylic acid groups (broad SMARTS) is 1. The van der Waals surface area contributed by atoms with E-state index in [1.165, 1.54) is 11.3 Å². The fourth-order valence-corrected chi connectivity index (χ4v) is 2.24. The average Bonchev–Trinajstić information content (AvgIpc) is 2.61. The predicted molar refractivity (Wildman–Crippen MR) is 61.0 cm³/mol. The van der Waals surface area contributed by atoms with Gasteiger partial charge >= 0.3 is 12.0 Å². The molecule has 1 heterocycles. The summed E-state index contributed by atoms with van der Waals surface area (Å²) in [6, 6.07) is 3.17. The van der Waals surface area contributed by atoms with Crippen LogP contribution in [0.5, 0.6) is 0 Å². The van der Waals surface area contributed by atoms with Crippen LogP contribution < -0.4 is 10.8 Å². The van der Waals surface area contributed by atoms with Crippen molar-refractivity contribution in [2.24, 2.45) is 0 Å². The van der Waals surface area contributed by atoms with E-state index in [-0.39, 0.29) is 0 Å². The van der Waals surface area contributed by atoms with Crippen molar-refractivity contribution in [3.63, 3.8) is 0 Å². The van der Waals surface area contributed by atoms with Gasteiger partial charge in [0.05, 0.1) is 10.3 Å². The average molecular weight is 309 g/mol. The van der Waals surface area contributed by atoms with Crippen LogP contribution in [0.1, 0.15) is 4.88 Å². The van der Waals surface area contributed by atoms with Gasteiger partial charge in [0.1, 0.15) is 0 Å². The Labute approximate surface area is 104 Å². The third kappa shape index (κ3) is 5.10. The number of hydrogen-bond donors (Lipinski definition) is 3. The number of halogens is 1. The summed E-state index contributed by atoms with van der Waals surface area (Å²) < 4.78 is 0.979. The van der Waals surface area contributed by atoms with Crippen LogP contribution in [-0.4, -0.2) is 23.7 Å². The minimum atomic E-state index is -1.15. The predicted octanol–water partition coefficient (Wildman–Crippen LogP) is 1.33. The van der Waals surface area contributed by atoms with E-state index in [0.717, 1.165) is 8.66 Å². The molecule has 3 N–H and O–H groups in total. The van der Waals surface area contributed by atoms with Crippen molar-refractivity contribution < 1.29 is 19.5 Å². The maximum atomic E-state index is 11.1. The summed E-state index contributed by atoms with van der Waals surface area (Å²) in [5.41, 5.74) is 1.95. The maximum Gasteiger partial charge on any atom is 0.339 e. The molecule has 88 valence electrons. The number of amides is 2. The summed E-state index contributed by atoms with van der Waals surface area (Å²) in [7, 11) is 0. The second kappa shape index (κ2) is 6.46. The van der Waals surface area contributed by atoms with Crippen molar-refractivity contribution in [2.75, 3.05) is 6.61 Å². The van der Waals surface area contributed by atoms with Crippen LogP contribution in [0.2, 0.25) is 0 Å². The first-order valence-electron chi connectivity index (χ1n) is 4.19. The summed E-state index contributed by atoms with van der Waals surface area (Å²) in [5.74, 6) is -1.15. The first-order chi connectivity index (χ1) is 7.58. The number of hydrogen-bond acceptors (Lipinski definition) is 4. The van der Waals surface area contributed by atoms with Crippen LogP contribution in [0.15, 0.2) is 15.9 Å². The fourth-order valence-electron chi connectivity index (χ4n) is 0.814. The lowest BCUT2D eigenvalue weighted by Crippen LogP contribution is -2.36. The SMILES string of the molecule is O=C(O)CONC(=O)NCc1ccc(Br)s1. The highest BCUT2D eigenvalue weighted by atomic mass is 79.9. The number of rotatable bonds is 5. The van der Waals surface area contributed by atoms with Gasteiger partial charge in [0.25, 0.3) is 0 Å². The Kier molecular flexibility index (Phi) is 5.23. The molecule has 0 unspecified atom stereocenters. The molecule has 0 saturated heterocycles. The topological polar surface area (TPSA) is 87.7 Å². The minimum absolute atomic E-state index is 0.360. The lowest BCUT2D eigenvalue weighted by molar-refractivity contribution is -0.144. The standard InChI is InChI=1S/C8H9BrN2O4S/c9-6-2-1-5(16-6)3-10-8(14)11-15-4-7(12)13/h1-2H,3-4H2,(H,12,13)(H2,10,11,14). The largest absolute Gasteiger partial charge is 0.479 e. The van der Waals surface area contributed by atoms with Gasteiger partial charge in [-0.25, -0.2) is 15.1 Å². The Morgan fingerprint density at radius 2 is 2.25 bits per heavy atom. The molecular weight excluding hydrogens is 300 g/mol. The second-order valence-electron chi connectivity index (χ2n) is 2.67. The van der Waals surface area contributed by atoms with Crippen LogP contribution in [-0.2, 0) is 16.2 Å². The molecule has 0 radical (unpaired) electrons. The van der Waals surface area contributed by atoms with Crippen LogP contribution >= 0.6 is 27.3 Å². The number of carbonyl (C=O) groups is 2. The number of hydroxylamine groups is 1. The van der Waals surface area contributed by atoms with E-state index in [9.17, 15) is 9.59 Å². The molecule has 0 aromatic carbocycles. The fraction of sp³-hybridized carbons (Fsp3) is 0.250. The molecule has 0 saturated carbocycles. The van der Waals surface area contributed by atoms with Gasteiger partial charge in [-0.3, -0.25) is 4.84 Å². The minimum Gasteiger partial charge on any atom is -0.479 e. The van der Waals surface area contributed by atoms with Crippen molar-refractivity contribution in [3.05, 3.63) is 20.8 Å². The van der Waals surface area contributed by atoms with Gasteiger partial charge in [-0.15, -0.1) is 11.3 Å². The molecule has 8 heteroatoms. The Morgan fingerprint density at radius 3 is 2.81 bits per heavy atom. The zero-order chi connectivity index (χ0) is 12.0. The van der Waals surface area contributed by atoms with Crippen LogP contribution in [0.25, 0.3) is 0 Å². The molecular formula is C8H9BrN2O4S. The third-order valence-electron chi connectivity index (χ3n) is 1.41.